The lowest BCUT2D eigenvalue weighted by Crippen LogP contribution is -2.13. The molecule has 0 saturated heterocycles. The number of ether oxygens (including phenoxy) is 1. The van der Waals surface area contributed by atoms with Crippen molar-refractivity contribution < 1.29 is 9.53 Å². The Morgan fingerprint density at radius 1 is 1.48 bits per heavy atom. The van der Waals surface area contributed by atoms with E-state index in [2.05, 4.69) is 15.4 Å². The second kappa shape index (κ2) is 7.64. The molecule has 3 aromatic rings. The number of amides is 1. The van der Waals surface area contributed by atoms with Gasteiger partial charge in [0.25, 0.3) is 5.91 Å². The lowest BCUT2D eigenvalue weighted by atomic mass is 10.1. The van der Waals surface area contributed by atoms with Crippen LogP contribution in [0.3, 0.4) is 0 Å². The number of nitrogens with two attached hydrogens (primary N) is 1. The quantitative estimate of drug-likeness (QED) is 0.688. The van der Waals surface area contributed by atoms with Crippen LogP contribution >= 0.6 is 22.9 Å². The lowest BCUT2D eigenvalue weighted by Gasteiger charge is -2.14. The predicted molar refractivity (Wildman–Crippen MR) is 98.3 cm³/mol. The number of aryl methyl sites for hydroxylation is 1. The molecule has 3 N–H and O–H groups in total. The zero-order valence-electron chi connectivity index (χ0n) is 13.4. The number of rotatable bonds is 6. The fraction of sp³-hybridized carbons (Fsp3) is 0.188. The van der Waals surface area contributed by atoms with Gasteiger partial charge in [-0.25, -0.2) is 4.98 Å². The molecule has 3 rings (SSSR count). The summed E-state index contributed by atoms with van der Waals surface area (Å²) in [5.74, 6) is 0.335. The Bertz CT molecular complexity index is 859. The van der Waals surface area contributed by atoms with Gasteiger partial charge >= 0.3 is 0 Å². The molecule has 0 atom stereocenters. The molecule has 1 aromatic carbocycles. The van der Waals surface area contributed by atoms with Crippen LogP contribution < -0.4 is 15.8 Å². The number of anilines is 1. The third-order valence-corrected chi connectivity index (χ3v) is 4.29. The number of nitrogens with one attached hydrogen (secondary N) is 1. The SMILES string of the molecule is Cn1ncc(Cl)c1-c1cc(NC(=O)c2cscn2)ccc1OCCN. The van der Waals surface area contributed by atoms with Crippen molar-refractivity contribution in [3.63, 3.8) is 0 Å². The molecule has 0 fully saturated rings. The Morgan fingerprint density at radius 2 is 2.32 bits per heavy atom. The number of aromatic nitrogens is 3. The van der Waals surface area contributed by atoms with Crippen LogP contribution in [0.5, 0.6) is 5.75 Å². The van der Waals surface area contributed by atoms with Crippen molar-refractivity contribution in [1.29, 1.82) is 0 Å². The Balaban J connectivity index is 1.97. The minimum atomic E-state index is -0.279. The van der Waals surface area contributed by atoms with Gasteiger partial charge in [-0.3, -0.25) is 9.48 Å². The van der Waals surface area contributed by atoms with Crippen LogP contribution in [0.15, 0.2) is 35.3 Å². The van der Waals surface area contributed by atoms with E-state index >= 15 is 0 Å². The van der Waals surface area contributed by atoms with E-state index in [4.69, 9.17) is 22.1 Å². The van der Waals surface area contributed by atoms with Crippen LogP contribution in [0.4, 0.5) is 5.69 Å². The first kappa shape index (κ1) is 17.4. The summed E-state index contributed by atoms with van der Waals surface area (Å²) in [4.78, 5) is 16.2. The Hall–Kier alpha value is -2.42. The number of hydrogen-bond acceptors (Lipinski definition) is 6. The van der Waals surface area contributed by atoms with Gasteiger partial charge in [-0.05, 0) is 18.2 Å². The van der Waals surface area contributed by atoms with Crippen molar-refractivity contribution in [2.45, 2.75) is 0 Å². The third kappa shape index (κ3) is 3.81. The molecule has 0 saturated carbocycles. The fourth-order valence-electron chi connectivity index (χ4n) is 2.32. The van der Waals surface area contributed by atoms with Gasteiger partial charge in [0, 0.05) is 30.2 Å². The Kier molecular flexibility index (Phi) is 5.32. The molecular formula is C16H16ClN5O2S. The maximum atomic E-state index is 12.2. The van der Waals surface area contributed by atoms with Gasteiger partial charge in [-0.2, -0.15) is 5.10 Å². The fourth-order valence-corrected chi connectivity index (χ4v) is 3.12. The molecule has 0 radical (unpaired) electrons. The summed E-state index contributed by atoms with van der Waals surface area (Å²) in [6.07, 6.45) is 1.56. The summed E-state index contributed by atoms with van der Waals surface area (Å²) in [6.45, 7) is 0.758. The van der Waals surface area contributed by atoms with E-state index in [0.717, 1.165) is 5.56 Å². The van der Waals surface area contributed by atoms with Crippen LogP contribution in [0.25, 0.3) is 11.3 Å². The molecule has 9 heteroatoms. The van der Waals surface area contributed by atoms with E-state index in [0.29, 0.717) is 41.0 Å². The molecule has 0 unspecified atom stereocenters. The van der Waals surface area contributed by atoms with E-state index in [1.54, 1.807) is 47.0 Å². The summed E-state index contributed by atoms with van der Waals surface area (Å²) in [7, 11) is 1.79. The molecule has 2 heterocycles. The first-order valence-corrected chi connectivity index (χ1v) is 8.76. The summed E-state index contributed by atoms with van der Waals surface area (Å²) >= 11 is 7.63. The third-order valence-electron chi connectivity index (χ3n) is 3.43. The largest absolute Gasteiger partial charge is 0.492 e. The van der Waals surface area contributed by atoms with E-state index in [-0.39, 0.29) is 5.91 Å². The van der Waals surface area contributed by atoms with E-state index in [9.17, 15) is 4.79 Å². The van der Waals surface area contributed by atoms with Crippen molar-refractivity contribution >= 4 is 34.5 Å². The highest BCUT2D eigenvalue weighted by Gasteiger charge is 2.17. The summed E-state index contributed by atoms with van der Waals surface area (Å²) in [6, 6.07) is 5.31. The van der Waals surface area contributed by atoms with Crippen molar-refractivity contribution in [2.24, 2.45) is 12.8 Å². The molecule has 0 spiro atoms. The Morgan fingerprint density at radius 3 is 2.96 bits per heavy atom. The van der Waals surface area contributed by atoms with Crippen molar-refractivity contribution in [1.82, 2.24) is 14.8 Å². The van der Waals surface area contributed by atoms with Crippen LogP contribution in [0.2, 0.25) is 5.02 Å². The zero-order chi connectivity index (χ0) is 17.8. The molecule has 2 aromatic heterocycles. The molecule has 25 heavy (non-hydrogen) atoms. The number of carbonyl (C=O) groups is 1. The first-order chi connectivity index (χ1) is 12.1. The van der Waals surface area contributed by atoms with Gasteiger partial charge in [0.15, 0.2) is 0 Å². The Labute approximate surface area is 153 Å². The van der Waals surface area contributed by atoms with Gasteiger partial charge in [-0.1, -0.05) is 11.6 Å². The number of hydrogen-bond donors (Lipinski definition) is 2. The van der Waals surface area contributed by atoms with Crippen molar-refractivity contribution in [2.75, 3.05) is 18.5 Å². The monoisotopic (exact) mass is 377 g/mol. The molecule has 7 nitrogen and oxygen atoms in total. The first-order valence-electron chi connectivity index (χ1n) is 7.44. The standard InChI is InChI=1S/C16H16ClN5O2S/c1-22-15(12(17)7-20-22)11-6-10(2-3-14(11)24-5-4-18)21-16(23)13-8-25-9-19-13/h2-3,6-9H,4-5,18H2,1H3,(H,21,23). The second-order valence-corrected chi connectivity index (χ2v) is 6.27. The second-order valence-electron chi connectivity index (χ2n) is 5.14. The summed E-state index contributed by atoms with van der Waals surface area (Å²) < 4.78 is 7.36. The van der Waals surface area contributed by atoms with Crippen LogP contribution in [-0.4, -0.2) is 33.8 Å². The highest BCUT2D eigenvalue weighted by Crippen LogP contribution is 2.36. The van der Waals surface area contributed by atoms with Crippen LogP contribution in [0, 0.1) is 0 Å². The number of carbonyl (C=O) groups excluding carboxylic acids is 1. The van der Waals surface area contributed by atoms with Gasteiger partial charge in [-0.15, -0.1) is 11.3 Å². The molecule has 0 bridgehead atoms. The minimum Gasteiger partial charge on any atom is -0.492 e. The van der Waals surface area contributed by atoms with Crippen LogP contribution in [0.1, 0.15) is 10.5 Å². The summed E-state index contributed by atoms with van der Waals surface area (Å²) in [5, 5.41) is 9.15. The number of halogens is 1. The van der Waals surface area contributed by atoms with Crippen LogP contribution in [-0.2, 0) is 7.05 Å². The lowest BCUT2D eigenvalue weighted by molar-refractivity contribution is 0.102. The van der Waals surface area contributed by atoms with E-state index in [1.807, 2.05) is 0 Å². The summed E-state index contributed by atoms with van der Waals surface area (Å²) in [5.41, 5.74) is 9.52. The number of thiazole rings is 1. The van der Waals surface area contributed by atoms with Gasteiger partial charge < -0.3 is 15.8 Å². The predicted octanol–water partition coefficient (Wildman–Crippen LogP) is 2.79. The normalized spacial score (nSPS) is 10.7. The zero-order valence-corrected chi connectivity index (χ0v) is 15.0. The molecule has 1 amide bonds. The average Bonchev–Trinajstić information content (AvgIpc) is 3.24. The van der Waals surface area contributed by atoms with Crippen molar-refractivity contribution in [3.8, 4) is 17.0 Å². The molecule has 0 aliphatic heterocycles. The van der Waals surface area contributed by atoms with E-state index < -0.39 is 0 Å². The maximum Gasteiger partial charge on any atom is 0.275 e. The highest BCUT2D eigenvalue weighted by molar-refractivity contribution is 7.07. The van der Waals surface area contributed by atoms with Gasteiger partial charge in [0.2, 0.25) is 0 Å². The number of benzene rings is 1. The van der Waals surface area contributed by atoms with Gasteiger partial charge in [0.05, 0.1) is 22.4 Å². The maximum absolute atomic E-state index is 12.2. The molecule has 0 aliphatic carbocycles. The molecule has 0 aliphatic rings. The smallest absolute Gasteiger partial charge is 0.275 e. The molecule has 130 valence electrons. The van der Waals surface area contributed by atoms with E-state index in [1.165, 1.54) is 11.3 Å². The minimum absolute atomic E-state index is 0.279. The van der Waals surface area contributed by atoms with Gasteiger partial charge in [0.1, 0.15) is 18.1 Å². The molecular weight excluding hydrogens is 362 g/mol. The highest BCUT2D eigenvalue weighted by atomic mass is 35.5. The topological polar surface area (TPSA) is 95.1 Å². The average molecular weight is 378 g/mol. The van der Waals surface area contributed by atoms with Crippen molar-refractivity contribution in [3.05, 3.63) is 46.0 Å². The number of nitrogens with zero attached hydrogens (tertiary/aromatic N) is 3.